The largest absolute Gasteiger partial charge is 0.369 e. The molecule has 0 aromatic heterocycles. The normalized spacial score (nSPS) is 8.40. The van der Waals surface area contributed by atoms with Crippen LogP contribution < -0.4 is 36.3 Å². The van der Waals surface area contributed by atoms with Gasteiger partial charge in [0.25, 0.3) is 0 Å². The van der Waals surface area contributed by atoms with Gasteiger partial charge in [0, 0.05) is 0 Å². The van der Waals surface area contributed by atoms with Crippen LogP contribution in [-0.4, -0.2) is 6.03 Å². The monoisotopic (exact) mass is 177 g/mol. The third-order valence-corrected chi connectivity index (χ3v) is 0. The lowest BCUT2D eigenvalue weighted by Gasteiger charge is -2.17. The van der Waals surface area contributed by atoms with Gasteiger partial charge in [-0.3, -0.25) is 0 Å². The smallest absolute Gasteiger partial charge is 0.309 e. The minimum absolute atomic E-state index is 0. The number of primary amides is 2. The molecule has 0 aromatic rings. The van der Waals surface area contributed by atoms with E-state index >= 15 is 0 Å². The number of hydrogen-bond donors (Lipinski definition) is 3. The molecule has 0 aliphatic carbocycles. The first kappa shape index (κ1) is 16.2. The molecule has 0 fully saturated rings. The number of nitrogens with two attached hydrogens (primary N) is 2. The van der Waals surface area contributed by atoms with E-state index in [9.17, 15) is 0 Å². The van der Waals surface area contributed by atoms with Crippen molar-refractivity contribution in [1.29, 1.82) is 0 Å². The molecule has 9 heteroatoms. The van der Waals surface area contributed by atoms with Crippen LogP contribution in [0, 0.1) is 10.2 Å². The van der Waals surface area contributed by atoms with Crippen molar-refractivity contribution < 1.29 is 33.7 Å². The highest BCUT2D eigenvalue weighted by Gasteiger charge is 1.84. The zero-order chi connectivity index (χ0) is 8.08. The van der Waals surface area contributed by atoms with Gasteiger partial charge in [0.2, 0.25) is 0 Å². The zero-order valence-electron chi connectivity index (χ0n) is 5.07. The fourth-order valence-corrected chi connectivity index (χ4v) is 0. The standard InChI is InChI=1S/CH4N2O.ClHO4.H3N/c2-1(3)4;2-1(3,4)5;/h(H4,2,3,4);(H,2,3,4,5);1H3. The number of urea groups is 1. The molecule has 0 bridgehead atoms. The van der Waals surface area contributed by atoms with Gasteiger partial charge in [-0.25, -0.2) is 23.4 Å². The van der Waals surface area contributed by atoms with Gasteiger partial charge >= 0.3 is 6.03 Å². The highest BCUT2D eigenvalue weighted by molar-refractivity contribution is 5.69. The first-order chi connectivity index (χ1) is 3.73. The first-order valence-corrected chi connectivity index (χ1v) is 2.63. The molecule has 2 amide bonds. The summed E-state index contributed by atoms with van der Waals surface area (Å²) in [5.41, 5.74) is 8.50. The van der Waals surface area contributed by atoms with E-state index in [1.165, 1.54) is 0 Å². The Balaban J connectivity index is -0.0000000910. The topological polar surface area (TPSA) is 198 Å². The van der Waals surface area contributed by atoms with Crippen LogP contribution in [0.15, 0.2) is 0 Å². The van der Waals surface area contributed by atoms with E-state index in [1.807, 2.05) is 0 Å². The van der Waals surface area contributed by atoms with Gasteiger partial charge in [-0.1, -0.05) is 0 Å². The summed E-state index contributed by atoms with van der Waals surface area (Å²) in [6.45, 7) is 0. The second-order valence-corrected chi connectivity index (χ2v) is 1.54. The molecule has 0 radical (unpaired) electrons. The maximum atomic E-state index is 9.00. The van der Waals surface area contributed by atoms with Gasteiger partial charge in [0.1, 0.15) is 0 Å². The summed E-state index contributed by atoms with van der Waals surface area (Å²) in [4.78, 5) is 9.00. The van der Waals surface area contributed by atoms with E-state index in [1.54, 1.807) is 0 Å². The van der Waals surface area contributed by atoms with Gasteiger partial charge in [-0.15, -0.1) is 10.2 Å². The molecule has 0 spiro atoms. The van der Waals surface area contributed by atoms with Crippen LogP contribution in [0.3, 0.4) is 0 Å². The van der Waals surface area contributed by atoms with E-state index in [-0.39, 0.29) is 6.15 Å². The molecule has 10 heavy (non-hydrogen) atoms. The predicted octanol–water partition coefficient (Wildman–Crippen LogP) is -5.36. The summed E-state index contributed by atoms with van der Waals surface area (Å²) < 4.78 is 34.0. The van der Waals surface area contributed by atoms with Crippen LogP contribution in [0.5, 0.6) is 0 Å². The molecule has 0 aliphatic heterocycles. The minimum Gasteiger partial charge on any atom is -0.369 e. The average Bonchev–Trinajstić information content (AvgIpc) is 1.19. The fourth-order valence-electron chi connectivity index (χ4n) is 0. The SMILES string of the molecule is NC(N)=O.[NH4+].[O-][Cl+3]([O-])([O-])[O-]. The summed E-state index contributed by atoms with van der Waals surface area (Å²) in [7, 11) is -4.94. The Morgan fingerprint density at radius 2 is 1.10 bits per heavy atom. The molecule has 0 heterocycles. The lowest BCUT2D eigenvalue weighted by Crippen LogP contribution is -2.68. The number of halogens is 1. The Bertz CT molecular complexity index is 79.4. The molecule has 0 unspecified atom stereocenters. The van der Waals surface area contributed by atoms with Crippen LogP contribution in [0.4, 0.5) is 4.79 Å². The van der Waals surface area contributed by atoms with Gasteiger partial charge in [0.15, 0.2) is 0 Å². The number of quaternary nitrogens is 1. The van der Waals surface area contributed by atoms with Crippen molar-refractivity contribution in [2.24, 2.45) is 11.5 Å². The summed E-state index contributed by atoms with van der Waals surface area (Å²) in [6, 6.07) is -0.833. The number of amides is 2. The molecular weight excluding hydrogens is 169 g/mol. The molecule has 0 aromatic carbocycles. The van der Waals surface area contributed by atoms with Gasteiger partial charge in [-0.2, -0.15) is 0 Å². The Labute approximate surface area is 58.4 Å². The molecule has 0 atom stereocenters. The molecule has 0 saturated carbocycles. The second-order valence-electron chi connectivity index (χ2n) is 0.780. The summed E-state index contributed by atoms with van der Waals surface area (Å²) in [6.07, 6.45) is 0. The molecular formula is CH8ClN3O5. The Kier molecular flexibility index (Phi) is 10.5. The quantitative estimate of drug-likeness (QED) is 0.331. The summed E-state index contributed by atoms with van der Waals surface area (Å²) in [5, 5.41) is 0. The van der Waals surface area contributed by atoms with Crippen LogP contribution in [0.1, 0.15) is 0 Å². The number of carbonyl (C=O) groups excluding carboxylic acids is 1. The van der Waals surface area contributed by atoms with Crippen LogP contribution in [-0.2, 0) is 0 Å². The third kappa shape index (κ3) is 727. The Morgan fingerprint density at radius 1 is 1.10 bits per heavy atom. The summed E-state index contributed by atoms with van der Waals surface area (Å²) in [5.74, 6) is 0. The highest BCUT2D eigenvalue weighted by Crippen LogP contribution is 1.49. The van der Waals surface area contributed by atoms with Crippen molar-refractivity contribution in [2.45, 2.75) is 0 Å². The van der Waals surface area contributed by atoms with E-state index in [2.05, 4.69) is 11.5 Å². The molecule has 8 nitrogen and oxygen atoms in total. The number of rotatable bonds is 0. The fraction of sp³-hybridized carbons (Fsp3) is 0. The second kappa shape index (κ2) is 6.48. The van der Waals surface area contributed by atoms with Crippen LogP contribution in [0.25, 0.3) is 0 Å². The Hall–Kier alpha value is -0.640. The van der Waals surface area contributed by atoms with Crippen molar-refractivity contribution in [2.75, 3.05) is 0 Å². The van der Waals surface area contributed by atoms with E-state index in [0.717, 1.165) is 0 Å². The molecule has 8 N–H and O–H groups in total. The lowest BCUT2D eigenvalue weighted by molar-refractivity contribution is -2.00. The maximum absolute atomic E-state index is 9.00. The molecule has 0 saturated heterocycles. The molecule has 0 rings (SSSR count). The van der Waals surface area contributed by atoms with Crippen molar-refractivity contribution in [3.05, 3.63) is 0 Å². The van der Waals surface area contributed by atoms with Gasteiger partial charge in [-0.05, 0) is 0 Å². The van der Waals surface area contributed by atoms with E-state index < -0.39 is 16.3 Å². The maximum Gasteiger partial charge on any atom is 0.309 e. The van der Waals surface area contributed by atoms with E-state index in [4.69, 9.17) is 23.4 Å². The van der Waals surface area contributed by atoms with Crippen molar-refractivity contribution in [3.63, 3.8) is 0 Å². The van der Waals surface area contributed by atoms with Crippen LogP contribution in [0.2, 0.25) is 0 Å². The average molecular weight is 178 g/mol. The van der Waals surface area contributed by atoms with Crippen LogP contribution >= 0.6 is 0 Å². The predicted molar refractivity (Wildman–Crippen MR) is 19.8 cm³/mol. The molecule has 64 valence electrons. The molecule has 0 aliphatic rings. The van der Waals surface area contributed by atoms with Crippen molar-refractivity contribution in [3.8, 4) is 0 Å². The van der Waals surface area contributed by atoms with E-state index in [0.29, 0.717) is 0 Å². The van der Waals surface area contributed by atoms with Gasteiger partial charge in [0.05, 0.1) is 0 Å². The number of hydrogen-bond acceptors (Lipinski definition) is 5. The third-order valence-electron chi connectivity index (χ3n) is 0. The minimum atomic E-state index is -4.94. The number of carbonyl (C=O) groups is 1. The zero-order valence-corrected chi connectivity index (χ0v) is 5.83. The Morgan fingerprint density at radius 3 is 1.10 bits per heavy atom. The van der Waals surface area contributed by atoms with Gasteiger partial charge < -0.3 is 17.6 Å². The van der Waals surface area contributed by atoms with Crippen molar-refractivity contribution in [1.82, 2.24) is 6.15 Å². The first-order valence-electron chi connectivity index (χ1n) is 1.40. The lowest BCUT2D eigenvalue weighted by atomic mass is 11.2. The van der Waals surface area contributed by atoms with Crippen molar-refractivity contribution >= 4 is 6.03 Å². The highest BCUT2D eigenvalue weighted by atomic mass is 35.7. The summed E-state index contributed by atoms with van der Waals surface area (Å²) >= 11 is 0.